The Morgan fingerprint density at radius 1 is 1.06 bits per heavy atom. The van der Waals surface area contributed by atoms with Gasteiger partial charge in [0.1, 0.15) is 0 Å². The number of carbonyl (C=O) groups is 2. The van der Waals surface area contributed by atoms with Crippen molar-refractivity contribution in [2.45, 2.75) is 51.9 Å². The molecule has 90 valence electrons. The molecule has 0 atom stereocenters. The fourth-order valence-electron chi connectivity index (χ4n) is 1.43. The highest BCUT2D eigenvalue weighted by atomic mass is 16.7. The second kappa shape index (κ2) is 7.04. The lowest BCUT2D eigenvalue weighted by atomic mass is 10.1. The number of rotatable bonds is 5. The molecular formula is C12H18O4. The molecule has 0 radical (unpaired) electrons. The molecule has 1 fully saturated rings. The van der Waals surface area contributed by atoms with Crippen LogP contribution < -0.4 is 0 Å². The Labute approximate surface area is 95.6 Å². The molecule has 4 heteroatoms. The van der Waals surface area contributed by atoms with Crippen LogP contribution in [0, 0.1) is 0 Å². The molecule has 0 unspecified atom stereocenters. The highest BCUT2D eigenvalue weighted by Gasteiger charge is 2.19. The van der Waals surface area contributed by atoms with Gasteiger partial charge in [-0.3, -0.25) is 9.59 Å². The van der Waals surface area contributed by atoms with Crippen LogP contribution in [0.3, 0.4) is 0 Å². The van der Waals surface area contributed by atoms with Crippen LogP contribution >= 0.6 is 0 Å². The Morgan fingerprint density at radius 3 is 2.25 bits per heavy atom. The van der Waals surface area contributed by atoms with Crippen LogP contribution in [0.2, 0.25) is 0 Å². The Bertz CT molecular complexity index is 261. The molecule has 1 aliphatic heterocycles. The summed E-state index contributed by atoms with van der Waals surface area (Å²) in [6, 6.07) is 0. The van der Waals surface area contributed by atoms with Crippen molar-refractivity contribution in [2.75, 3.05) is 0 Å². The first-order chi connectivity index (χ1) is 7.72. The molecule has 0 aliphatic carbocycles. The standard InChI is InChI=1S/C12H18O4/c1-2-3-4-5-6-7-12-15-10(13)8-9-11(14)16-12/h7H,2-6,8-9H2,1H3. The highest BCUT2D eigenvalue weighted by molar-refractivity contribution is 5.80. The van der Waals surface area contributed by atoms with Crippen molar-refractivity contribution < 1.29 is 19.1 Å². The molecular weight excluding hydrogens is 208 g/mol. The average Bonchev–Trinajstić information content (AvgIpc) is 2.40. The van der Waals surface area contributed by atoms with Gasteiger partial charge in [-0.15, -0.1) is 0 Å². The van der Waals surface area contributed by atoms with Crippen LogP contribution in [0.5, 0.6) is 0 Å². The van der Waals surface area contributed by atoms with E-state index in [1.807, 2.05) is 0 Å². The molecule has 1 aliphatic rings. The minimum absolute atomic E-state index is 0.0593. The third-order valence-electron chi connectivity index (χ3n) is 2.33. The molecule has 1 saturated heterocycles. The minimum Gasteiger partial charge on any atom is -0.393 e. The van der Waals surface area contributed by atoms with Gasteiger partial charge in [-0.2, -0.15) is 0 Å². The third-order valence-corrected chi connectivity index (χ3v) is 2.33. The molecule has 0 saturated carbocycles. The van der Waals surface area contributed by atoms with Crippen LogP contribution in [-0.2, 0) is 19.1 Å². The average molecular weight is 226 g/mol. The van der Waals surface area contributed by atoms with Gasteiger partial charge < -0.3 is 9.47 Å². The number of hydrogen-bond acceptors (Lipinski definition) is 4. The fourth-order valence-corrected chi connectivity index (χ4v) is 1.43. The summed E-state index contributed by atoms with van der Waals surface area (Å²) in [6.45, 7) is 2.15. The van der Waals surface area contributed by atoms with Crippen molar-refractivity contribution >= 4 is 11.9 Å². The Morgan fingerprint density at radius 2 is 1.69 bits per heavy atom. The van der Waals surface area contributed by atoms with E-state index < -0.39 is 11.9 Å². The summed E-state index contributed by atoms with van der Waals surface area (Å²) in [5, 5.41) is 0. The zero-order valence-electron chi connectivity index (χ0n) is 9.66. The predicted octanol–water partition coefficient (Wildman–Crippen LogP) is 2.68. The molecule has 0 spiro atoms. The topological polar surface area (TPSA) is 52.6 Å². The van der Waals surface area contributed by atoms with Crippen LogP contribution in [0.15, 0.2) is 12.0 Å². The lowest BCUT2D eigenvalue weighted by Gasteiger charge is -2.03. The molecule has 0 aromatic rings. The van der Waals surface area contributed by atoms with Gasteiger partial charge in [0.25, 0.3) is 5.95 Å². The summed E-state index contributed by atoms with van der Waals surface area (Å²) >= 11 is 0. The molecule has 1 rings (SSSR count). The lowest BCUT2D eigenvalue weighted by Crippen LogP contribution is -2.02. The van der Waals surface area contributed by atoms with Crippen molar-refractivity contribution in [3.8, 4) is 0 Å². The predicted molar refractivity (Wildman–Crippen MR) is 58.3 cm³/mol. The summed E-state index contributed by atoms with van der Waals surface area (Å²) in [5.41, 5.74) is 0. The van der Waals surface area contributed by atoms with Gasteiger partial charge in [0, 0.05) is 0 Å². The van der Waals surface area contributed by atoms with Gasteiger partial charge in [-0.1, -0.05) is 26.2 Å². The number of esters is 2. The normalized spacial score (nSPS) is 16.4. The number of unbranched alkanes of at least 4 members (excludes halogenated alkanes) is 4. The van der Waals surface area contributed by atoms with E-state index in [0.29, 0.717) is 0 Å². The molecule has 1 heterocycles. The van der Waals surface area contributed by atoms with E-state index in [0.717, 1.165) is 19.3 Å². The van der Waals surface area contributed by atoms with Crippen molar-refractivity contribution in [3.63, 3.8) is 0 Å². The zero-order valence-corrected chi connectivity index (χ0v) is 9.66. The largest absolute Gasteiger partial charge is 0.393 e. The molecule has 16 heavy (non-hydrogen) atoms. The Kier molecular flexibility index (Phi) is 5.61. The molecule has 0 amide bonds. The van der Waals surface area contributed by atoms with E-state index in [1.165, 1.54) is 12.8 Å². The van der Waals surface area contributed by atoms with E-state index in [1.54, 1.807) is 6.08 Å². The van der Waals surface area contributed by atoms with Gasteiger partial charge in [0.05, 0.1) is 12.8 Å². The van der Waals surface area contributed by atoms with Gasteiger partial charge in [-0.05, 0) is 18.9 Å². The van der Waals surface area contributed by atoms with Crippen molar-refractivity contribution in [3.05, 3.63) is 12.0 Å². The van der Waals surface area contributed by atoms with Crippen LogP contribution in [0.4, 0.5) is 0 Å². The van der Waals surface area contributed by atoms with Crippen LogP contribution in [0.1, 0.15) is 51.9 Å². The number of allylic oxidation sites excluding steroid dienone is 1. The van der Waals surface area contributed by atoms with E-state index in [-0.39, 0.29) is 18.8 Å². The maximum absolute atomic E-state index is 11.1. The monoisotopic (exact) mass is 226 g/mol. The first-order valence-electron chi connectivity index (χ1n) is 5.84. The van der Waals surface area contributed by atoms with Gasteiger partial charge in [-0.25, -0.2) is 0 Å². The second-order valence-corrected chi connectivity index (χ2v) is 3.82. The van der Waals surface area contributed by atoms with E-state index in [4.69, 9.17) is 9.47 Å². The number of cyclic esters (lactones) is 2. The quantitative estimate of drug-likeness (QED) is 0.534. The lowest BCUT2D eigenvalue weighted by molar-refractivity contribution is -0.147. The first-order valence-corrected chi connectivity index (χ1v) is 5.84. The summed E-state index contributed by atoms with van der Waals surface area (Å²) in [5.74, 6) is -0.736. The van der Waals surface area contributed by atoms with Crippen molar-refractivity contribution in [1.82, 2.24) is 0 Å². The summed E-state index contributed by atoms with van der Waals surface area (Å²) in [7, 11) is 0. The summed E-state index contributed by atoms with van der Waals surface area (Å²) in [4.78, 5) is 22.2. The fraction of sp³-hybridized carbons (Fsp3) is 0.667. The van der Waals surface area contributed by atoms with E-state index in [2.05, 4.69) is 6.92 Å². The summed E-state index contributed by atoms with van der Waals surface area (Å²) < 4.78 is 9.73. The van der Waals surface area contributed by atoms with Gasteiger partial charge >= 0.3 is 11.9 Å². The van der Waals surface area contributed by atoms with Crippen LogP contribution in [0.25, 0.3) is 0 Å². The molecule has 0 N–H and O–H groups in total. The highest BCUT2D eigenvalue weighted by Crippen LogP contribution is 2.13. The molecule has 4 nitrogen and oxygen atoms in total. The Hall–Kier alpha value is -1.32. The Balaban J connectivity index is 2.34. The number of carbonyl (C=O) groups excluding carboxylic acids is 2. The SMILES string of the molecule is CCCCCCC=C1OC(=O)CCC(=O)O1. The second-order valence-electron chi connectivity index (χ2n) is 3.82. The van der Waals surface area contributed by atoms with Gasteiger partial charge in [0.15, 0.2) is 0 Å². The number of ether oxygens (including phenoxy) is 2. The third kappa shape index (κ3) is 4.96. The van der Waals surface area contributed by atoms with Crippen molar-refractivity contribution in [2.24, 2.45) is 0 Å². The molecule has 0 aromatic heterocycles. The maximum atomic E-state index is 11.1. The number of hydrogen-bond donors (Lipinski definition) is 0. The maximum Gasteiger partial charge on any atom is 0.314 e. The first kappa shape index (κ1) is 12.7. The zero-order chi connectivity index (χ0) is 11.8. The smallest absolute Gasteiger partial charge is 0.314 e. The van der Waals surface area contributed by atoms with Crippen LogP contribution in [-0.4, -0.2) is 11.9 Å². The van der Waals surface area contributed by atoms with Gasteiger partial charge in [0.2, 0.25) is 0 Å². The van der Waals surface area contributed by atoms with E-state index in [9.17, 15) is 9.59 Å². The molecule has 0 aromatic carbocycles. The molecule has 0 bridgehead atoms. The summed E-state index contributed by atoms with van der Waals surface area (Å²) in [6.07, 6.45) is 7.20. The van der Waals surface area contributed by atoms with Crippen molar-refractivity contribution in [1.29, 1.82) is 0 Å². The minimum atomic E-state index is -0.398. The van der Waals surface area contributed by atoms with E-state index >= 15 is 0 Å².